The molecule has 0 spiro atoms. The van der Waals surface area contributed by atoms with Crippen LogP contribution in [0.5, 0.6) is 0 Å². The van der Waals surface area contributed by atoms with Crippen LogP contribution in [0.1, 0.15) is 6.92 Å². The van der Waals surface area contributed by atoms with Crippen LogP contribution in [0, 0.1) is 0 Å². The molecule has 2 rings (SSSR count). The molecule has 0 saturated carbocycles. The van der Waals surface area contributed by atoms with Crippen LogP contribution in [0.25, 0.3) is 10.6 Å². The molecule has 76 valence electrons. The van der Waals surface area contributed by atoms with Gasteiger partial charge in [-0.05, 0) is 12.1 Å². The summed E-state index contributed by atoms with van der Waals surface area (Å²) in [6.07, 6.45) is 3.38. The van der Waals surface area contributed by atoms with Crippen LogP contribution in [-0.4, -0.2) is 21.1 Å². The maximum atomic E-state index is 10.8. The Labute approximate surface area is 90.2 Å². The lowest BCUT2D eigenvalue weighted by Crippen LogP contribution is -2.04. The average molecular weight is 220 g/mol. The Morgan fingerprint density at radius 2 is 2.07 bits per heavy atom. The molecule has 2 aromatic heterocycles. The highest BCUT2D eigenvalue weighted by Gasteiger charge is 2.06. The number of nitrogens with zero attached hydrogens (tertiary/aromatic N) is 3. The van der Waals surface area contributed by atoms with Crippen LogP contribution in [0.2, 0.25) is 0 Å². The molecule has 0 unspecified atom stereocenters. The van der Waals surface area contributed by atoms with E-state index in [9.17, 15) is 4.79 Å². The van der Waals surface area contributed by atoms with Crippen molar-refractivity contribution in [3.8, 4) is 10.6 Å². The Kier molecular flexibility index (Phi) is 2.68. The first kappa shape index (κ1) is 9.72. The van der Waals surface area contributed by atoms with Crippen molar-refractivity contribution in [1.82, 2.24) is 15.2 Å². The van der Waals surface area contributed by atoms with Gasteiger partial charge in [0.2, 0.25) is 11.0 Å². The maximum absolute atomic E-state index is 10.8. The highest BCUT2D eigenvalue weighted by atomic mass is 32.1. The molecule has 0 aliphatic carbocycles. The molecule has 1 N–H and O–H groups in total. The van der Waals surface area contributed by atoms with Gasteiger partial charge in [-0.15, -0.1) is 10.2 Å². The third-order valence-corrected chi connectivity index (χ3v) is 2.52. The van der Waals surface area contributed by atoms with E-state index < -0.39 is 0 Å². The third-order valence-electron chi connectivity index (χ3n) is 1.64. The minimum absolute atomic E-state index is 0.146. The zero-order chi connectivity index (χ0) is 10.7. The zero-order valence-electron chi connectivity index (χ0n) is 7.97. The molecule has 0 bridgehead atoms. The molecule has 6 heteroatoms. The molecular weight excluding hydrogens is 212 g/mol. The number of hydrogen-bond acceptors (Lipinski definition) is 5. The Morgan fingerprint density at radius 1 is 1.33 bits per heavy atom. The SMILES string of the molecule is CC(=O)Nc1nnc(-c2ccncc2)s1. The van der Waals surface area contributed by atoms with Gasteiger partial charge in [0.1, 0.15) is 5.01 Å². The number of aromatic nitrogens is 3. The van der Waals surface area contributed by atoms with E-state index in [1.54, 1.807) is 12.4 Å². The fraction of sp³-hybridized carbons (Fsp3) is 0.111. The second-order valence-electron chi connectivity index (χ2n) is 2.83. The van der Waals surface area contributed by atoms with Crippen LogP contribution in [-0.2, 0) is 4.79 Å². The van der Waals surface area contributed by atoms with Crippen LogP contribution >= 0.6 is 11.3 Å². The summed E-state index contributed by atoms with van der Waals surface area (Å²) in [5, 5.41) is 11.7. The van der Waals surface area contributed by atoms with Gasteiger partial charge in [-0.3, -0.25) is 9.78 Å². The molecule has 2 aromatic rings. The average Bonchev–Trinajstić information content (AvgIpc) is 2.67. The molecule has 0 aliphatic rings. The predicted octanol–water partition coefficient (Wildman–Crippen LogP) is 1.56. The molecular formula is C9H8N4OS. The zero-order valence-corrected chi connectivity index (χ0v) is 8.78. The van der Waals surface area contributed by atoms with E-state index >= 15 is 0 Å². The van der Waals surface area contributed by atoms with E-state index in [4.69, 9.17) is 0 Å². The van der Waals surface area contributed by atoms with Crippen molar-refractivity contribution in [2.24, 2.45) is 0 Å². The molecule has 5 nitrogen and oxygen atoms in total. The van der Waals surface area contributed by atoms with Crippen LogP contribution in [0.3, 0.4) is 0 Å². The summed E-state index contributed by atoms with van der Waals surface area (Å²) in [5.41, 5.74) is 0.944. The van der Waals surface area contributed by atoms with Crippen molar-refractivity contribution in [3.63, 3.8) is 0 Å². The molecule has 0 atom stereocenters. The number of nitrogens with one attached hydrogen (secondary N) is 1. The van der Waals surface area contributed by atoms with Gasteiger partial charge in [-0.1, -0.05) is 11.3 Å². The highest BCUT2D eigenvalue weighted by Crippen LogP contribution is 2.25. The normalized spacial score (nSPS) is 9.93. The van der Waals surface area contributed by atoms with Gasteiger partial charge in [0.25, 0.3) is 0 Å². The van der Waals surface area contributed by atoms with E-state index in [0.29, 0.717) is 5.13 Å². The van der Waals surface area contributed by atoms with Gasteiger partial charge in [0, 0.05) is 24.9 Å². The second-order valence-corrected chi connectivity index (χ2v) is 3.81. The van der Waals surface area contributed by atoms with Crippen LogP contribution in [0.15, 0.2) is 24.5 Å². The molecule has 0 radical (unpaired) electrons. The largest absolute Gasteiger partial charge is 0.301 e. The summed E-state index contributed by atoms with van der Waals surface area (Å²) < 4.78 is 0. The molecule has 2 heterocycles. The molecule has 0 aromatic carbocycles. The Bertz CT molecular complexity index is 468. The lowest BCUT2D eigenvalue weighted by Gasteiger charge is -1.92. The third kappa shape index (κ3) is 2.35. The summed E-state index contributed by atoms with van der Waals surface area (Å²) in [6, 6.07) is 3.69. The van der Waals surface area contributed by atoms with Crippen LogP contribution in [0.4, 0.5) is 5.13 Å². The van der Waals surface area contributed by atoms with Gasteiger partial charge < -0.3 is 5.32 Å². The fourth-order valence-corrected chi connectivity index (χ4v) is 1.83. The van der Waals surface area contributed by atoms with Gasteiger partial charge >= 0.3 is 0 Å². The number of hydrogen-bond donors (Lipinski definition) is 1. The maximum Gasteiger partial charge on any atom is 0.223 e. The number of carbonyl (C=O) groups excluding carboxylic acids is 1. The standard InChI is InChI=1S/C9H8N4OS/c1-6(14)11-9-13-12-8(15-9)7-2-4-10-5-3-7/h2-5H,1H3,(H,11,13,14). The summed E-state index contributed by atoms with van der Waals surface area (Å²) in [6.45, 7) is 1.44. The molecule has 15 heavy (non-hydrogen) atoms. The van der Waals surface area contributed by atoms with Crippen LogP contribution < -0.4 is 5.32 Å². The number of rotatable bonds is 2. The lowest BCUT2D eigenvalue weighted by molar-refractivity contribution is -0.114. The van der Waals surface area contributed by atoms with Gasteiger partial charge in [0.05, 0.1) is 0 Å². The first-order valence-electron chi connectivity index (χ1n) is 4.27. The number of amides is 1. The monoisotopic (exact) mass is 220 g/mol. The molecule has 0 fully saturated rings. The summed E-state index contributed by atoms with van der Waals surface area (Å²) in [7, 11) is 0. The van der Waals surface area contributed by atoms with E-state index in [2.05, 4.69) is 20.5 Å². The van der Waals surface area contributed by atoms with Crippen molar-refractivity contribution >= 4 is 22.4 Å². The number of anilines is 1. The van der Waals surface area contributed by atoms with E-state index in [1.165, 1.54) is 18.3 Å². The summed E-state index contributed by atoms with van der Waals surface area (Å²) >= 11 is 1.33. The van der Waals surface area contributed by atoms with Crippen molar-refractivity contribution in [1.29, 1.82) is 0 Å². The minimum atomic E-state index is -0.146. The molecule has 0 aliphatic heterocycles. The predicted molar refractivity (Wildman–Crippen MR) is 57.4 cm³/mol. The molecule has 0 saturated heterocycles. The Morgan fingerprint density at radius 3 is 2.73 bits per heavy atom. The van der Waals surface area contributed by atoms with Gasteiger partial charge in [0.15, 0.2) is 0 Å². The number of pyridine rings is 1. The fourth-order valence-electron chi connectivity index (χ4n) is 1.04. The Hall–Kier alpha value is -1.82. The van der Waals surface area contributed by atoms with E-state index in [1.807, 2.05) is 12.1 Å². The quantitative estimate of drug-likeness (QED) is 0.833. The van der Waals surface area contributed by atoms with E-state index in [0.717, 1.165) is 10.6 Å². The lowest BCUT2D eigenvalue weighted by atomic mass is 10.3. The second kappa shape index (κ2) is 4.14. The first-order chi connectivity index (χ1) is 7.25. The van der Waals surface area contributed by atoms with Crippen molar-refractivity contribution in [2.75, 3.05) is 5.32 Å². The van der Waals surface area contributed by atoms with Gasteiger partial charge in [-0.25, -0.2) is 0 Å². The van der Waals surface area contributed by atoms with Crippen molar-refractivity contribution in [3.05, 3.63) is 24.5 Å². The Balaban J connectivity index is 2.24. The van der Waals surface area contributed by atoms with Crippen molar-refractivity contribution in [2.45, 2.75) is 6.92 Å². The summed E-state index contributed by atoms with van der Waals surface area (Å²) in [4.78, 5) is 14.7. The van der Waals surface area contributed by atoms with Gasteiger partial charge in [-0.2, -0.15) is 0 Å². The smallest absolute Gasteiger partial charge is 0.223 e. The van der Waals surface area contributed by atoms with Crippen molar-refractivity contribution < 1.29 is 4.79 Å². The summed E-state index contributed by atoms with van der Waals surface area (Å²) in [5.74, 6) is -0.146. The first-order valence-corrected chi connectivity index (χ1v) is 5.09. The molecule has 1 amide bonds. The van der Waals surface area contributed by atoms with E-state index in [-0.39, 0.29) is 5.91 Å². The minimum Gasteiger partial charge on any atom is -0.301 e. The highest BCUT2D eigenvalue weighted by molar-refractivity contribution is 7.18. The number of carbonyl (C=O) groups is 1. The topological polar surface area (TPSA) is 67.8 Å².